The van der Waals surface area contributed by atoms with Gasteiger partial charge in [0.15, 0.2) is 0 Å². The van der Waals surface area contributed by atoms with Crippen molar-refractivity contribution in [2.24, 2.45) is 5.73 Å². The standard InChI is InChI=1S/C18H19NO/c19-12-17(13-6-2-1-3-7-13)18(20)11-15-10-14-8-4-5-9-16(14)15/h1-9,15,17H,10-12,19H2. The van der Waals surface area contributed by atoms with Gasteiger partial charge in [0.2, 0.25) is 0 Å². The lowest BCUT2D eigenvalue weighted by Gasteiger charge is -2.30. The second-order valence-corrected chi connectivity index (χ2v) is 5.47. The molecule has 0 bridgehead atoms. The number of Topliss-reactive ketones (excluding diaryl/α,β-unsaturated/α-hetero) is 1. The topological polar surface area (TPSA) is 43.1 Å². The molecule has 0 radical (unpaired) electrons. The summed E-state index contributed by atoms with van der Waals surface area (Å²) in [5, 5.41) is 0. The Morgan fingerprint density at radius 1 is 1.10 bits per heavy atom. The van der Waals surface area contributed by atoms with E-state index in [1.807, 2.05) is 36.4 Å². The first kappa shape index (κ1) is 13.1. The van der Waals surface area contributed by atoms with Gasteiger partial charge in [-0.15, -0.1) is 0 Å². The monoisotopic (exact) mass is 265 g/mol. The van der Waals surface area contributed by atoms with Crippen LogP contribution in [-0.2, 0) is 11.2 Å². The van der Waals surface area contributed by atoms with Gasteiger partial charge in [0.1, 0.15) is 5.78 Å². The average Bonchev–Trinajstić information content (AvgIpc) is 2.47. The first-order chi connectivity index (χ1) is 9.79. The van der Waals surface area contributed by atoms with Crippen molar-refractivity contribution in [2.45, 2.75) is 24.7 Å². The number of hydrogen-bond acceptors (Lipinski definition) is 2. The van der Waals surface area contributed by atoms with Crippen LogP contribution in [0.3, 0.4) is 0 Å². The molecule has 2 unspecified atom stereocenters. The lowest BCUT2D eigenvalue weighted by molar-refractivity contribution is -0.120. The normalized spacial score (nSPS) is 17.9. The zero-order chi connectivity index (χ0) is 13.9. The summed E-state index contributed by atoms with van der Waals surface area (Å²) in [5.41, 5.74) is 9.57. The minimum atomic E-state index is -0.163. The summed E-state index contributed by atoms with van der Waals surface area (Å²) in [6.07, 6.45) is 1.63. The second-order valence-electron chi connectivity index (χ2n) is 5.47. The van der Waals surface area contributed by atoms with Crippen LogP contribution in [0.2, 0.25) is 0 Å². The first-order valence-electron chi connectivity index (χ1n) is 7.15. The molecule has 0 aliphatic heterocycles. The third-order valence-electron chi connectivity index (χ3n) is 4.24. The van der Waals surface area contributed by atoms with Crippen LogP contribution in [0.15, 0.2) is 54.6 Å². The largest absolute Gasteiger partial charge is 0.329 e. The molecule has 0 amide bonds. The Morgan fingerprint density at radius 3 is 2.50 bits per heavy atom. The highest BCUT2D eigenvalue weighted by molar-refractivity contribution is 5.87. The van der Waals surface area contributed by atoms with Crippen molar-refractivity contribution in [3.05, 3.63) is 71.3 Å². The Labute approximate surface area is 119 Å². The fourth-order valence-corrected chi connectivity index (χ4v) is 3.07. The molecule has 2 aromatic carbocycles. The van der Waals surface area contributed by atoms with Crippen molar-refractivity contribution >= 4 is 5.78 Å². The summed E-state index contributed by atoms with van der Waals surface area (Å²) in [5.74, 6) is 0.485. The van der Waals surface area contributed by atoms with E-state index in [1.165, 1.54) is 11.1 Å². The molecule has 0 spiro atoms. The van der Waals surface area contributed by atoms with Crippen LogP contribution in [0, 0.1) is 0 Å². The summed E-state index contributed by atoms with van der Waals surface area (Å²) in [6.45, 7) is 0.386. The van der Waals surface area contributed by atoms with Gasteiger partial charge in [0.25, 0.3) is 0 Å². The summed E-state index contributed by atoms with van der Waals surface area (Å²) in [6, 6.07) is 18.3. The predicted molar refractivity (Wildman–Crippen MR) is 80.7 cm³/mol. The van der Waals surface area contributed by atoms with Gasteiger partial charge in [0.05, 0.1) is 5.92 Å². The second kappa shape index (κ2) is 5.59. The van der Waals surface area contributed by atoms with Gasteiger partial charge in [-0.2, -0.15) is 0 Å². The number of carbonyl (C=O) groups is 1. The number of ketones is 1. The van der Waals surface area contributed by atoms with Gasteiger partial charge in [0, 0.05) is 13.0 Å². The van der Waals surface area contributed by atoms with Gasteiger partial charge in [-0.1, -0.05) is 54.6 Å². The molecule has 2 aromatic rings. The van der Waals surface area contributed by atoms with E-state index in [9.17, 15) is 4.79 Å². The van der Waals surface area contributed by atoms with Gasteiger partial charge >= 0.3 is 0 Å². The van der Waals surface area contributed by atoms with E-state index in [0.717, 1.165) is 12.0 Å². The van der Waals surface area contributed by atoms with E-state index in [2.05, 4.69) is 18.2 Å². The summed E-state index contributed by atoms with van der Waals surface area (Å²) in [4.78, 5) is 12.5. The first-order valence-corrected chi connectivity index (χ1v) is 7.15. The van der Waals surface area contributed by atoms with Gasteiger partial charge in [-0.3, -0.25) is 4.79 Å². The van der Waals surface area contributed by atoms with E-state index < -0.39 is 0 Å². The van der Waals surface area contributed by atoms with E-state index in [1.54, 1.807) is 0 Å². The molecular formula is C18H19NO. The lowest BCUT2D eigenvalue weighted by atomic mass is 9.73. The third kappa shape index (κ3) is 2.39. The van der Waals surface area contributed by atoms with Crippen LogP contribution in [0.4, 0.5) is 0 Å². The van der Waals surface area contributed by atoms with Crippen molar-refractivity contribution in [2.75, 3.05) is 6.54 Å². The molecule has 2 nitrogen and oxygen atoms in total. The number of benzene rings is 2. The summed E-state index contributed by atoms with van der Waals surface area (Å²) < 4.78 is 0. The Bertz CT molecular complexity index is 606. The van der Waals surface area contributed by atoms with Crippen molar-refractivity contribution in [3.8, 4) is 0 Å². The Morgan fingerprint density at radius 2 is 1.80 bits per heavy atom. The van der Waals surface area contributed by atoms with E-state index >= 15 is 0 Å². The molecule has 0 saturated carbocycles. The lowest BCUT2D eigenvalue weighted by Crippen LogP contribution is -2.26. The molecule has 2 heteroatoms. The highest BCUT2D eigenvalue weighted by Gasteiger charge is 2.30. The quantitative estimate of drug-likeness (QED) is 0.903. The number of fused-ring (bicyclic) bond motifs is 1. The maximum absolute atomic E-state index is 12.5. The molecule has 3 rings (SSSR count). The van der Waals surface area contributed by atoms with Crippen molar-refractivity contribution in [1.29, 1.82) is 0 Å². The third-order valence-corrected chi connectivity index (χ3v) is 4.24. The molecule has 102 valence electrons. The van der Waals surface area contributed by atoms with Crippen LogP contribution in [0.25, 0.3) is 0 Å². The van der Waals surface area contributed by atoms with Gasteiger partial charge < -0.3 is 5.73 Å². The maximum atomic E-state index is 12.5. The van der Waals surface area contributed by atoms with E-state index in [4.69, 9.17) is 5.73 Å². The predicted octanol–water partition coefficient (Wildman–Crippen LogP) is 3.03. The SMILES string of the molecule is NCC(C(=O)CC1Cc2ccccc21)c1ccccc1. The van der Waals surface area contributed by atoms with Gasteiger partial charge in [-0.05, 0) is 29.0 Å². The fourth-order valence-electron chi connectivity index (χ4n) is 3.07. The molecule has 1 aliphatic carbocycles. The van der Waals surface area contributed by atoms with Crippen LogP contribution < -0.4 is 5.73 Å². The molecule has 0 aromatic heterocycles. The number of nitrogens with two attached hydrogens (primary N) is 1. The molecule has 1 aliphatic rings. The Balaban J connectivity index is 1.71. The maximum Gasteiger partial charge on any atom is 0.142 e. The Kier molecular flexibility index (Phi) is 3.66. The zero-order valence-corrected chi connectivity index (χ0v) is 11.5. The molecule has 0 heterocycles. The smallest absolute Gasteiger partial charge is 0.142 e. The van der Waals surface area contributed by atoms with Gasteiger partial charge in [-0.25, -0.2) is 0 Å². The zero-order valence-electron chi connectivity index (χ0n) is 11.5. The summed E-state index contributed by atoms with van der Waals surface area (Å²) >= 11 is 0. The average molecular weight is 265 g/mol. The van der Waals surface area contributed by atoms with Crippen molar-refractivity contribution in [3.63, 3.8) is 0 Å². The van der Waals surface area contributed by atoms with Crippen LogP contribution in [0.5, 0.6) is 0 Å². The summed E-state index contributed by atoms with van der Waals surface area (Å²) in [7, 11) is 0. The number of hydrogen-bond donors (Lipinski definition) is 1. The highest BCUT2D eigenvalue weighted by Crippen LogP contribution is 2.38. The van der Waals surface area contributed by atoms with Crippen molar-refractivity contribution in [1.82, 2.24) is 0 Å². The van der Waals surface area contributed by atoms with Crippen LogP contribution in [0.1, 0.15) is 34.9 Å². The van der Waals surface area contributed by atoms with Crippen LogP contribution in [-0.4, -0.2) is 12.3 Å². The molecule has 20 heavy (non-hydrogen) atoms. The number of rotatable bonds is 5. The van der Waals surface area contributed by atoms with Crippen LogP contribution >= 0.6 is 0 Å². The fraction of sp³-hybridized carbons (Fsp3) is 0.278. The minimum Gasteiger partial charge on any atom is -0.329 e. The molecular weight excluding hydrogens is 246 g/mol. The van der Waals surface area contributed by atoms with Crippen molar-refractivity contribution < 1.29 is 4.79 Å². The molecule has 2 N–H and O–H groups in total. The molecule has 0 fully saturated rings. The van der Waals surface area contributed by atoms with E-state index in [-0.39, 0.29) is 11.7 Å². The Hall–Kier alpha value is -1.93. The molecule has 0 saturated heterocycles. The van der Waals surface area contributed by atoms with E-state index in [0.29, 0.717) is 18.9 Å². The molecule has 2 atom stereocenters. The minimum absolute atomic E-state index is 0.163. The number of carbonyl (C=O) groups excluding carboxylic acids is 1. The highest BCUT2D eigenvalue weighted by atomic mass is 16.1.